The summed E-state index contributed by atoms with van der Waals surface area (Å²) in [5.74, 6) is 0.860. The fourth-order valence-electron chi connectivity index (χ4n) is 3.62. The zero-order valence-corrected chi connectivity index (χ0v) is 18.5. The Kier molecular flexibility index (Phi) is 5.86. The molecule has 0 aliphatic carbocycles. The smallest absolute Gasteiger partial charge is 0.182 e. The number of hydrogen-bond donors (Lipinski definition) is 1. The fraction of sp³-hybridized carbons (Fsp3) is 0.208. The van der Waals surface area contributed by atoms with E-state index in [2.05, 4.69) is 59.6 Å². The first-order valence-corrected chi connectivity index (χ1v) is 10.7. The largest absolute Gasteiger partial charge is 0.497 e. The third kappa shape index (κ3) is 4.09. The fourth-order valence-corrected chi connectivity index (χ4v) is 4.36. The third-order valence-corrected chi connectivity index (χ3v) is 6.12. The van der Waals surface area contributed by atoms with Gasteiger partial charge in [0, 0.05) is 35.1 Å². The van der Waals surface area contributed by atoms with Gasteiger partial charge in [-0.25, -0.2) is 0 Å². The molecule has 1 aliphatic rings. The number of nitrogens with zero attached hydrogens (tertiary/aromatic N) is 3. The van der Waals surface area contributed by atoms with Crippen LogP contribution in [0.5, 0.6) is 5.75 Å². The summed E-state index contributed by atoms with van der Waals surface area (Å²) in [7, 11) is 3.69. The van der Waals surface area contributed by atoms with E-state index >= 15 is 0 Å². The van der Waals surface area contributed by atoms with Gasteiger partial charge in [0.2, 0.25) is 0 Å². The van der Waals surface area contributed by atoms with Crippen molar-refractivity contribution in [1.29, 1.82) is 0 Å². The average Bonchev–Trinajstić information content (AvgIpc) is 3.07. The van der Waals surface area contributed by atoms with Gasteiger partial charge in [0.25, 0.3) is 0 Å². The van der Waals surface area contributed by atoms with Crippen LogP contribution in [0.15, 0.2) is 71.1 Å². The monoisotopic (exact) mass is 418 g/mol. The Balaban J connectivity index is 1.57. The molecule has 0 atom stereocenters. The summed E-state index contributed by atoms with van der Waals surface area (Å²) in [4.78, 5) is 4.75. The van der Waals surface area contributed by atoms with Gasteiger partial charge >= 0.3 is 0 Å². The number of ether oxygens (including phenoxy) is 1. The van der Waals surface area contributed by atoms with Crippen LogP contribution >= 0.6 is 11.8 Å². The molecule has 1 N–H and O–H groups in total. The Morgan fingerprint density at radius 2 is 1.77 bits per heavy atom. The molecule has 1 aromatic heterocycles. The number of hydrazine groups is 1. The zero-order chi connectivity index (χ0) is 21.1. The molecule has 1 aliphatic heterocycles. The molecule has 4 rings (SSSR count). The number of aryl methyl sites for hydroxylation is 1. The molecule has 0 unspecified atom stereocenters. The highest BCUT2D eigenvalue weighted by Crippen LogP contribution is 2.30. The summed E-state index contributed by atoms with van der Waals surface area (Å²) in [6, 6.07) is 20.7. The van der Waals surface area contributed by atoms with Crippen molar-refractivity contribution in [1.82, 2.24) is 15.0 Å². The summed E-state index contributed by atoms with van der Waals surface area (Å²) in [6.45, 7) is 4.96. The zero-order valence-electron chi connectivity index (χ0n) is 17.7. The van der Waals surface area contributed by atoms with Crippen LogP contribution < -0.4 is 10.2 Å². The lowest BCUT2D eigenvalue weighted by Crippen LogP contribution is -2.39. The maximum absolute atomic E-state index is 5.29. The van der Waals surface area contributed by atoms with E-state index in [-0.39, 0.29) is 0 Å². The second-order valence-corrected chi connectivity index (χ2v) is 8.06. The molecule has 0 fully saturated rings. The standard InChI is InChI=1S/C24H26N4OS/c1-17-14-22(18(2)28(17)20-10-12-21(29-4)13-11-20)23-16-30-24(27(3)26-23)25-15-19-8-6-5-7-9-19/h5-14,16,26H,15H2,1-4H3. The van der Waals surface area contributed by atoms with E-state index in [0.717, 1.165) is 22.3 Å². The molecule has 0 saturated carbocycles. The average molecular weight is 419 g/mol. The SMILES string of the molecule is COc1ccc(-n2c(C)cc(C3=CSC(=NCc4ccccc4)N(C)N3)c2C)cc1. The van der Waals surface area contributed by atoms with Crippen LogP contribution in [0, 0.1) is 13.8 Å². The Bertz CT molecular complexity index is 1080. The molecular weight excluding hydrogens is 392 g/mol. The van der Waals surface area contributed by atoms with Crippen LogP contribution in [0.1, 0.15) is 22.5 Å². The Morgan fingerprint density at radius 1 is 1.03 bits per heavy atom. The number of thioether (sulfide) groups is 1. The van der Waals surface area contributed by atoms with Gasteiger partial charge < -0.3 is 9.30 Å². The Hall–Kier alpha value is -3.12. The van der Waals surface area contributed by atoms with Crippen LogP contribution in [0.25, 0.3) is 11.4 Å². The van der Waals surface area contributed by atoms with Crippen LogP contribution in [-0.4, -0.2) is 28.9 Å². The van der Waals surface area contributed by atoms with E-state index in [1.54, 1.807) is 18.9 Å². The lowest BCUT2D eigenvalue weighted by molar-refractivity contribution is 0.414. The number of benzene rings is 2. The quantitative estimate of drug-likeness (QED) is 0.623. The summed E-state index contributed by atoms with van der Waals surface area (Å²) < 4.78 is 7.55. The van der Waals surface area contributed by atoms with E-state index in [9.17, 15) is 0 Å². The lowest BCUT2D eigenvalue weighted by Gasteiger charge is -2.28. The van der Waals surface area contributed by atoms with Gasteiger partial charge in [0.15, 0.2) is 5.17 Å². The van der Waals surface area contributed by atoms with Crippen LogP contribution in [0.4, 0.5) is 0 Å². The van der Waals surface area contributed by atoms with E-state index in [0.29, 0.717) is 6.54 Å². The van der Waals surface area contributed by atoms with Gasteiger partial charge in [-0.3, -0.25) is 15.4 Å². The second kappa shape index (κ2) is 8.71. The van der Waals surface area contributed by atoms with Crippen molar-refractivity contribution < 1.29 is 4.74 Å². The van der Waals surface area contributed by atoms with Gasteiger partial charge in [-0.2, -0.15) is 0 Å². The number of aliphatic imine (C=N–C) groups is 1. The molecule has 2 aromatic carbocycles. The normalized spacial score (nSPS) is 15.1. The highest BCUT2D eigenvalue weighted by Gasteiger charge is 2.20. The van der Waals surface area contributed by atoms with E-state index in [1.165, 1.54) is 22.5 Å². The topological polar surface area (TPSA) is 41.8 Å². The molecule has 0 saturated heterocycles. The predicted octanol–water partition coefficient (Wildman–Crippen LogP) is 5.14. The molecule has 0 amide bonds. The van der Waals surface area contributed by atoms with Crippen molar-refractivity contribution in [2.45, 2.75) is 20.4 Å². The summed E-state index contributed by atoms with van der Waals surface area (Å²) in [5.41, 5.74) is 10.4. The molecule has 6 heteroatoms. The minimum atomic E-state index is 0.671. The van der Waals surface area contributed by atoms with Crippen LogP contribution in [0.3, 0.4) is 0 Å². The van der Waals surface area contributed by atoms with Gasteiger partial charge in [-0.15, -0.1) is 0 Å². The summed E-state index contributed by atoms with van der Waals surface area (Å²) >= 11 is 1.64. The van der Waals surface area contributed by atoms with Crippen molar-refractivity contribution in [3.63, 3.8) is 0 Å². The minimum absolute atomic E-state index is 0.671. The van der Waals surface area contributed by atoms with Crippen molar-refractivity contribution >= 4 is 22.6 Å². The lowest BCUT2D eigenvalue weighted by atomic mass is 10.2. The molecule has 2 heterocycles. The van der Waals surface area contributed by atoms with Crippen LogP contribution in [-0.2, 0) is 6.54 Å². The molecular formula is C24H26N4OS. The Morgan fingerprint density at radius 3 is 2.43 bits per heavy atom. The highest BCUT2D eigenvalue weighted by molar-refractivity contribution is 8.16. The first kappa shape index (κ1) is 20.2. The number of amidine groups is 1. The third-order valence-electron chi connectivity index (χ3n) is 5.15. The summed E-state index contributed by atoms with van der Waals surface area (Å²) in [6.07, 6.45) is 0. The van der Waals surface area contributed by atoms with E-state index in [1.807, 2.05) is 42.4 Å². The van der Waals surface area contributed by atoms with E-state index in [4.69, 9.17) is 9.73 Å². The first-order valence-electron chi connectivity index (χ1n) is 9.86. The summed E-state index contributed by atoms with van der Waals surface area (Å²) in [5, 5.41) is 5.08. The molecule has 5 nitrogen and oxygen atoms in total. The number of rotatable bonds is 5. The number of hydrogen-bond acceptors (Lipinski definition) is 4. The molecule has 3 aromatic rings. The van der Waals surface area contributed by atoms with Crippen molar-refractivity contribution in [2.75, 3.05) is 14.2 Å². The van der Waals surface area contributed by atoms with Gasteiger partial charge in [0.05, 0.1) is 19.4 Å². The maximum atomic E-state index is 5.29. The van der Waals surface area contributed by atoms with Crippen LogP contribution in [0.2, 0.25) is 0 Å². The van der Waals surface area contributed by atoms with Gasteiger partial charge in [0.1, 0.15) is 5.75 Å². The van der Waals surface area contributed by atoms with Gasteiger partial charge in [-0.05, 0) is 49.7 Å². The molecule has 30 heavy (non-hydrogen) atoms. The van der Waals surface area contributed by atoms with Gasteiger partial charge in [-0.1, -0.05) is 42.1 Å². The highest BCUT2D eigenvalue weighted by atomic mass is 32.2. The second-order valence-electron chi connectivity index (χ2n) is 7.22. The van der Waals surface area contributed by atoms with E-state index < -0.39 is 0 Å². The first-order chi connectivity index (χ1) is 14.6. The van der Waals surface area contributed by atoms with Crippen molar-refractivity contribution in [3.05, 3.63) is 88.6 Å². The number of nitrogens with one attached hydrogen (secondary N) is 1. The number of methoxy groups -OCH3 is 1. The molecule has 0 radical (unpaired) electrons. The van der Waals surface area contributed by atoms with Crippen molar-refractivity contribution in [3.8, 4) is 11.4 Å². The number of aromatic nitrogens is 1. The molecule has 0 spiro atoms. The minimum Gasteiger partial charge on any atom is -0.497 e. The van der Waals surface area contributed by atoms with Crippen molar-refractivity contribution in [2.24, 2.45) is 4.99 Å². The molecule has 154 valence electrons. The molecule has 0 bridgehead atoms. The maximum Gasteiger partial charge on any atom is 0.182 e. The predicted molar refractivity (Wildman–Crippen MR) is 126 cm³/mol. The Labute approximate surface area is 182 Å².